The Morgan fingerprint density at radius 1 is 1.35 bits per heavy atom. The molecule has 0 saturated heterocycles. The van der Waals surface area contributed by atoms with Crippen molar-refractivity contribution in [3.05, 3.63) is 34.9 Å². The average Bonchev–Trinajstić information content (AvgIpc) is 2.41. The zero-order valence-electron chi connectivity index (χ0n) is 12.9. The van der Waals surface area contributed by atoms with Gasteiger partial charge in [-0.05, 0) is 49.9 Å². The molecule has 1 aliphatic carbocycles. The number of nitrogens with zero attached hydrogens (tertiary/aromatic N) is 1. The van der Waals surface area contributed by atoms with Crippen LogP contribution < -0.4 is 5.73 Å². The van der Waals surface area contributed by atoms with E-state index in [1.165, 1.54) is 36.8 Å². The Labute approximate surface area is 122 Å². The van der Waals surface area contributed by atoms with Gasteiger partial charge in [-0.2, -0.15) is 0 Å². The molecule has 0 aromatic heterocycles. The Morgan fingerprint density at radius 2 is 2.05 bits per heavy atom. The summed E-state index contributed by atoms with van der Waals surface area (Å²) in [6, 6.07) is 6.81. The van der Waals surface area contributed by atoms with Crippen LogP contribution in [0.5, 0.6) is 0 Å². The highest BCUT2D eigenvalue weighted by Crippen LogP contribution is 2.28. The summed E-state index contributed by atoms with van der Waals surface area (Å²) in [6.07, 6.45) is 5.43. The molecule has 110 valence electrons. The highest BCUT2D eigenvalue weighted by molar-refractivity contribution is 5.95. The molecule has 1 fully saturated rings. The second-order valence-corrected chi connectivity index (χ2v) is 6.30. The van der Waals surface area contributed by atoms with Crippen molar-refractivity contribution >= 4 is 5.84 Å². The standard InChI is InChI=1S/C17H27N3/c1-12-6-4-5-7-16(12)20(3)11-15-9-8-14(17(18)19)10-13(15)2/h8-10,12,16H,4-7,11H2,1-3H3,(H3,18,19). The van der Waals surface area contributed by atoms with Crippen LogP contribution in [0.15, 0.2) is 18.2 Å². The van der Waals surface area contributed by atoms with Crippen LogP contribution in [0.1, 0.15) is 49.3 Å². The number of aryl methyl sites for hydroxylation is 1. The Balaban J connectivity index is 2.07. The summed E-state index contributed by atoms with van der Waals surface area (Å²) in [7, 11) is 2.24. The van der Waals surface area contributed by atoms with E-state index in [1.807, 2.05) is 12.1 Å². The smallest absolute Gasteiger partial charge is 0.122 e. The maximum absolute atomic E-state index is 7.50. The monoisotopic (exact) mass is 273 g/mol. The molecule has 2 unspecified atom stereocenters. The molecule has 2 atom stereocenters. The third-order valence-corrected chi connectivity index (χ3v) is 4.71. The Hall–Kier alpha value is -1.35. The van der Waals surface area contributed by atoms with Gasteiger partial charge in [-0.25, -0.2) is 0 Å². The molecule has 1 aliphatic rings. The second kappa shape index (κ2) is 6.40. The van der Waals surface area contributed by atoms with Crippen LogP contribution in [0.25, 0.3) is 0 Å². The number of hydrogen-bond acceptors (Lipinski definition) is 2. The molecule has 0 spiro atoms. The lowest BCUT2D eigenvalue weighted by Crippen LogP contribution is -2.38. The van der Waals surface area contributed by atoms with Crippen molar-refractivity contribution in [2.75, 3.05) is 7.05 Å². The van der Waals surface area contributed by atoms with E-state index in [9.17, 15) is 0 Å². The van der Waals surface area contributed by atoms with Crippen molar-refractivity contribution < 1.29 is 0 Å². The third-order valence-electron chi connectivity index (χ3n) is 4.71. The van der Waals surface area contributed by atoms with E-state index in [1.54, 1.807) is 0 Å². The molecule has 0 aliphatic heterocycles. The highest BCUT2D eigenvalue weighted by atomic mass is 15.1. The fourth-order valence-electron chi connectivity index (χ4n) is 3.38. The van der Waals surface area contributed by atoms with E-state index >= 15 is 0 Å². The predicted molar refractivity (Wildman–Crippen MR) is 85.1 cm³/mol. The molecular weight excluding hydrogens is 246 g/mol. The lowest BCUT2D eigenvalue weighted by Gasteiger charge is -2.36. The molecule has 1 saturated carbocycles. The minimum Gasteiger partial charge on any atom is -0.384 e. The van der Waals surface area contributed by atoms with Gasteiger partial charge in [0.1, 0.15) is 5.84 Å². The lowest BCUT2D eigenvalue weighted by molar-refractivity contribution is 0.133. The maximum Gasteiger partial charge on any atom is 0.122 e. The number of benzene rings is 1. The molecule has 0 heterocycles. The van der Waals surface area contributed by atoms with Crippen molar-refractivity contribution in [1.82, 2.24) is 4.90 Å². The normalized spacial score (nSPS) is 23.0. The molecule has 3 heteroatoms. The predicted octanol–water partition coefficient (Wildman–Crippen LogP) is 3.29. The van der Waals surface area contributed by atoms with Crippen LogP contribution in [0.3, 0.4) is 0 Å². The Morgan fingerprint density at radius 3 is 2.65 bits per heavy atom. The lowest BCUT2D eigenvalue weighted by atomic mass is 9.85. The summed E-state index contributed by atoms with van der Waals surface area (Å²) in [5.41, 5.74) is 8.93. The molecular formula is C17H27N3. The highest BCUT2D eigenvalue weighted by Gasteiger charge is 2.25. The fourth-order valence-corrected chi connectivity index (χ4v) is 3.38. The minimum atomic E-state index is 0.147. The summed E-state index contributed by atoms with van der Waals surface area (Å²) in [5.74, 6) is 0.944. The second-order valence-electron chi connectivity index (χ2n) is 6.30. The molecule has 3 nitrogen and oxygen atoms in total. The van der Waals surface area contributed by atoms with Crippen LogP contribution >= 0.6 is 0 Å². The third kappa shape index (κ3) is 3.40. The van der Waals surface area contributed by atoms with Gasteiger partial charge in [0, 0.05) is 18.2 Å². The molecule has 1 aromatic rings. The van der Waals surface area contributed by atoms with Gasteiger partial charge in [0.15, 0.2) is 0 Å². The maximum atomic E-state index is 7.50. The number of nitrogens with two attached hydrogens (primary N) is 1. The van der Waals surface area contributed by atoms with E-state index in [4.69, 9.17) is 11.1 Å². The molecule has 2 rings (SSSR count). The fraction of sp³-hybridized carbons (Fsp3) is 0.588. The molecule has 0 radical (unpaired) electrons. The first-order valence-electron chi connectivity index (χ1n) is 7.63. The number of nitrogens with one attached hydrogen (secondary N) is 1. The summed E-state index contributed by atoms with van der Waals surface area (Å²) < 4.78 is 0. The Bertz CT molecular complexity index is 481. The van der Waals surface area contributed by atoms with Crippen LogP contribution in [0.2, 0.25) is 0 Å². The first kappa shape index (κ1) is 15.0. The summed E-state index contributed by atoms with van der Waals surface area (Å²) in [4.78, 5) is 2.50. The minimum absolute atomic E-state index is 0.147. The van der Waals surface area contributed by atoms with E-state index in [0.717, 1.165) is 18.0 Å². The van der Waals surface area contributed by atoms with Crippen LogP contribution in [0.4, 0.5) is 0 Å². The van der Waals surface area contributed by atoms with Crippen LogP contribution in [0, 0.1) is 18.3 Å². The largest absolute Gasteiger partial charge is 0.384 e. The molecule has 1 aromatic carbocycles. The molecule has 3 N–H and O–H groups in total. The number of nitrogen functional groups attached to an aromatic ring is 1. The van der Waals surface area contributed by atoms with Crippen molar-refractivity contribution in [3.63, 3.8) is 0 Å². The van der Waals surface area contributed by atoms with Gasteiger partial charge < -0.3 is 5.73 Å². The van der Waals surface area contributed by atoms with E-state index < -0.39 is 0 Å². The van der Waals surface area contributed by atoms with Crippen molar-refractivity contribution in [2.24, 2.45) is 11.7 Å². The van der Waals surface area contributed by atoms with Gasteiger partial charge in [0.2, 0.25) is 0 Å². The zero-order chi connectivity index (χ0) is 14.7. The van der Waals surface area contributed by atoms with Crippen LogP contribution in [-0.2, 0) is 6.54 Å². The number of hydrogen-bond donors (Lipinski definition) is 2. The van der Waals surface area contributed by atoms with Gasteiger partial charge >= 0.3 is 0 Å². The van der Waals surface area contributed by atoms with E-state index in [0.29, 0.717) is 6.04 Å². The van der Waals surface area contributed by atoms with E-state index in [-0.39, 0.29) is 5.84 Å². The van der Waals surface area contributed by atoms with Crippen molar-refractivity contribution in [1.29, 1.82) is 5.41 Å². The SMILES string of the molecule is Cc1cc(C(=N)N)ccc1CN(C)C1CCCCC1C. The van der Waals surface area contributed by atoms with Crippen molar-refractivity contribution in [3.8, 4) is 0 Å². The van der Waals surface area contributed by atoms with E-state index in [2.05, 4.69) is 31.9 Å². The van der Waals surface area contributed by atoms with Gasteiger partial charge in [-0.3, -0.25) is 10.3 Å². The molecule has 20 heavy (non-hydrogen) atoms. The van der Waals surface area contributed by atoms with Crippen molar-refractivity contribution in [2.45, 2.75) is 52.1 Å². The van der Waals surface area contributed by atoms with Gasteiger partial charge in [0.25, 0.3) is 0 Å². The average molecular weight is 273 g/mol. The summed E-state index contributed by atoms with van der Waals surface area (Å²) in [5, 5.41) is 7.50. The molecule has 0 amide bonds. The zero-order valence-corrected chi connectivity index (χ0v) is 12.9. The first-order chi connectivity index (χ1) is 9.49. The van der Waals surface area contributed by atoms with Gasteiger partial charge in [-0.15, -0.1) is 0 Å². The Kier molecular flexibility index (Phi) is 4.81. The number of rotatable bonds is 4. The summed E-state index contributed by atoms with van der Waals surface area (Å²) >= 11 is 0. The molecule has 0 bridgehead atoms. The van der Waals surface area contributed by atoms with Crippen LogP contribution in [-0.4, -0.2) is 23.8 Å². The van der Waals surface area contributed by atoms with Gasteiger partial charge in [-0.1, -0.05) is 31.9 Å². The summed E-state index contributed by atoms with van der Waals surface area (Å²) in [6.45, 7) is 5.48. The van der Waals surface area contributed by atoms with Gasteiger partial charge in [0.05, 0.1) is 0 Å². The first-order valence-corrected chi connectivity index (χ1v) is 7.63. The topological polar surface area (TPSA) is 53.1 Å². The quantitative estimate of drug-likeness (QED) is 0.653. The number of amidine groups is 1.